The summed E-state index contributed by atoms with van der Waals surface area (Å²) >= 11 is 0. The summed E-state index contributed by atoms with van der Waals surface area (Å²) < 4.78 is 21.5. The number of benzene rings is 1. The first-order chi connectivity index (χ1) is 15.5. The van der Waals surface area contributed by atoms with Crippen LogP contribution in [-0.2, 0) is 22.5 Å². The minimum atomic E-state index is -0.496. The van der Waals surface area contributed by atoms with E-state index in [9.17, 15) is 9.59 Å². The molecular weight excluding hydrogens is 412 g/mol. The van der Waals surface area contributed by atoms with Crippen molar-refractivity contribution in [3.8, 4) is 11.5 Å². The molecule has 32 heavy (non-hydrogen) atoms. The van der Waals surface area contributed by atoms with Crippen molar-refractivity contribution in [1.82, 2.24) is 9.88 Å². The highest BCUT2D eigenvalue weighted by Crippen LogP contribution is 2.27. The summed E-state index contributed by atoms with van der Waals surface area (Å²) in [7, 11) is 3.18. The number of hydrogen-bond donors (Lipinski definition) is 0. The molecule has 8 nitrogen and oxygen atoms in total. The van der Waals surface area contributed by atoms with Crippen molar-refractivity contribution >= 4 is 11.9 Å². The van der Waals surface area contributed by atoms with E-state index in [1.165, 1.54) is 4.90 Å². The summed E-state index contributed by atoms with van der Waals surface area (Å²) in [5.41, 5.74) is 1.51. The molecule has 168 valence electrons. The van der Waals surface area contributed by atoms with Gasteiger partial charge in [-0.25, -0.2) is 0 Å². The van der Waals surface area contributed by atoms with Gasteiger partial charge in [0, 0.05) is 18.2 Å². The van der Waals surface area contributed by atoms with Crippen LogP contribution in [0.2, 0.25) is 0 Å². The number of pyridine rings is 1. The van der Waals surface area contributed by atoms with E-state index in [2.05, 4.69) is 4.98 Å². The molecule has 0 saturated carbocycles. The quantitative estimate of drug-likeness (QED) is 0.448. The predicted octanol–water partition coefficient (Wildman–Crippen LogP) is 3.49. The Morgan fingerprint density at radius 3 is 2.59 bits per heavy atom. The minimum Gasteiger partial charge on any atom is -0.497 e. The van der Waals surface area contributed by atoms with Crippen molar-refractivity contribution in [2.45, 2.75) is 19.9 Å². The van der Waals surface area contributed by atoms with Gasteiger partial charge in [-0.15, -0.1) is 0 Å². The first-order valence-electron chi connectivity index (χ1n) is 10.2. The van der Waals surface area contributed by atoms with Crippen LogP contribution in [0.4, 0.5) is 0 Å². The van der Waals surface area contributed by atoms with Gasteiger partial charge in [-0.2, -0.15) is 0 Å². The number of hydrogen-bond acceptors (Lipinski definition) is 7. The maximum atomic E-state index is 13.1. The van der Waals surface area contributed by atoms with Gasteiger partial charge in [0.25, 0.3) is 5.91 Å². The Morgan fingerprint density at radius 1 is 1.06 bits per heavy atom. The largest absolute Gasteiger partial charge is 0.497 e. The number of carbonyl (C=O) groups is 2. The highest BCUT2D eigenvalue weighted by Gasteiger charge is 2.23. The molecule has 3 rings (SSSR count). The van der Waals surface area contributed by atoms with E-state index < -0.39 is 11.9 Å². The smallest absolute Gasteiger partial charge is 0.325 e. The standard InChI is InChI=1S/C24H26N2O6/c1-4-31-23(27)16-26(15-18-7-5-6-12-25-18)24(28)22-11-9-20(32-22)14-17-13-19(29-2)8-10-21(17)30-3/h5-13H,4,14-16H2,1-3H3. The Balaban J connectivity index is 1.79. The molecule has 0 unspecified atom stereocenters. The van der Waals surface area contributed by atoms with Gasteiger partial charge in [-0.05, 0) is 49.4 Å². The van der Waals surface area contributed by atoms with E-state index in [-0.39, 0.29) is 25.5 Å². The number of furan rings is 1. The van der Waals surface area contributed by atoms with Crippen molar-refractivity contribution in [3.05, 3.63) is 77.5 Å². The molecule has 0 fully saturated rings. The predicted molar refractivity (Wildman–Crippen MR) is 117 cm³/mol. The summed E-state index contributed by atoms with van der Waals surface area (Å²) in [4.78, 5) is 30.8. The second-order valence-electron chi connectivity index (χ2n) is 6.91. The van der Waals surface area contributed by atoms with Gasteiger partial charge >= 0.3 is 5.97 Å². The third-order valence-corrected chi connectivity index (χ3v) is 4.72. The maximum absolute atomic E-state index is 13.1. The van der Waals surface area contributed by atoms with E-state index in [1.807, 2.05) is 24.3 Å². The SMILES string of the molecule is CCOC(=O)CN(Cc1ccccn1)C(=O)c1ccc(Cc2cc(OC)ccc2OC)o1. The van der Waals surface area contributed by atoms with E-state index in [1.54, 1.807) is 51.6 Å². The number of amides is 1. The zero-order valence-electron chi connectivity index (χ0n) is 18.4. The van der Waals surface area contributed by atoms with Gasteiger partial charge in [0.15, 0.2) is 5.76 Å². The number of rotatable bonds is 10. The van der Waals surface area contributed by atoms with E-state index in [4.69, 9.17) is 18.6 Å². The molecule has 0 atom stereocenters. The third kappa shape index (κ3) is 5.87. The Labute approximate surface area is 186 Å². The second-order valence-corrected chi connectivity index (χ2v) is 6.91. The summed E-state index contributed by atoms with van der Waals surface area (Å²) in [6, 6.07) is 14.2. The molecule has 1 aromatic carbocycles. The molecule has 0 aliphatic rings. The van der Waals surface area contributed by atoms with Gasteiger partial charge < -0.3 is 23.5 Å². The average molecular weight is 438 g/mol. The number of esters is 1. The monoisotopic (exact) mass is 438 g/mol. The van der Waals surface area contributed by atoms with Crippen molar-refractivity contribution in [2.24, 2.45) is 0 Å². The first-order valence-corrected chi connectivity index (χ1v) is 10.2. The number of ether oxygens (including phenoxy) is 3. The average Bonchev–Trinajstić information content (AvgIpc) is 3.27. The molecule has 0 radical (unpaired) electrons. The Bertz CT molecular complexity index is 1050. The van der Waals surface area contributed by atoms with Crippen LogP contribution in [0.25, 0.3) is 0 Å². The van der Waals surface area contributed by atoms with E-state index in [0.29, 0.717) is 29.4 Å². The van der Waals surface area contributed by atoms with Crippen LogP contribution in [0.5, 0.6) is 11.5 Å². The van der Waals surface area contributed by atoms with Gasteiger partial charge in [0.1, 0.15) is 23.8 Å². The first kappa shape index (κ1) is 22.9. The van der Waals surface area contributed by atoms with Crippen molar-refractivity contribution in [2.75, 3.05) is 27.4 Å². The normalized spacial score (nSPS) is 10.5. The number of methoxy groups -OCH3 is 2. The molecule has 2 heterocycles. The summed E-state index contributed by atoms with van der Waals surface area (Å²) in [6.45, 7) is 1.90. The number of carbonyl (C=O) groups excluding carboxylic acids is 2. The molecule has 1 amide bonds. The third-order valence-electron chi connectivity index (χ3n) is 4.72. The molecule has 0 spiro atoms. The molecule has 8 heteroatoms. The molecule has 2 aromatic heterocycles. The molecule has 3 aromatic rings. The zero-order chi connectivity index (χ0) is 22.9. The van der Waals surface area contributed by atoms with Crippen LogP contribution in [0, 0.1) is 0 Å². The molecule has 0 saturated heterocycles. The molecule has 0 bridgehead atoms. The zero-order valence-corrected chi connectivity index (χ0v) is 18.4. The lowest BCUT2D eigenvalue weighted by Crippen LogP contribution is -2.36. The molecule has 0 N–H and O–H groups in total. The van der Waals surface area contributed by atoms with Crippen LogP contribution in [0.1, 0.15) is 34.5 Å². The summed E-state index contributed by atoms with van der Waals surface area (Å²) in [5.74, 6) is 1.17. The van der Waals surface area contributed by atoms with Crippen molar-refractivity contribution in [3.63, 3.8) is 0 Å². The fraction of sp³-hybridized carbons (Fsp3) is 0.292. The highest BCUT2D eigenvalue weighted by atomic mass is 16.5. The number of nitrogens with zero attached hydrogens (tertiary/aromatic N) is 2. The Hall–Kier alpha value is -3.81. The van der Waals surface area contributed by atoms with Crippen LogP contribution in [-0.4, -0.2) is 49.1 Å². The summed E-state index contributed by atoms with van der Waals surface area (Å²) in [6.07, 6.45) is 2.04. The van der Waals surface area contributed by atoms with Crippen LogP contribution < -0.4 is 9.47 Å². The lowest BCUT2D eigenvalue weighted by Gasteiger charge is -2.20. The fourth-order valence-corrected chi connectivity index (χ4v) is 3.20. The van der Waals surface area contributed by atoms with Gasteiger partial charge in [0.05, 0.1) is 33.1 Å². The van der Waals surface area contributed by atoms with Crippen LogP contribution in [0.15, 0.2) is 59.1 Å². The maximum Gasteiger partial charge on any atom is 0.325 e. The van der Waals surface area contributed by atoms with Crippen molar-refractivity contribution in [1.29, 1.82) is 0 Å². The Kier molecular flexibility index (Phi) is 7.85. The Morgan fingerprint density at radius 2 is 1.91 bits per heavy atom. The molecular formula is C24H26N2O6. The molecule has 0 aliphatic heterocycles. The molecule has 0 aliphatic carbocycles. The second kappa shape index (κ2) is 11.0. The highest BCUT2D eigenvalue weighted by molar-refractivity contribution is 5.93. The number of aromatic nitrogens is 1. The minimum absolute atomic E-state index is 0.127. The van der Waals surface area contributed by atoms with Gasteiger partial charge in [-0.3, -0.25) is 14.6 Å². The van der Waals surface area contributed by atoms with Crippen molar-refractivity contribution < 1.29 is 28.2 Å². The summed E-state index contributed by atoms with van der Waals surface area (Å²) in [5, 5.41) is 0. The fourth-order valence-electron chi connectivity index (χ4n) is 3.20. The van der Waals surface area contributed by atoms with E-state index >= 15 is 0 Å². The van der Waals surface area contributed by atoms with E-state index in [0.717, 1.165) is 5.56 Å². The van der Waals surface area contributed by atoms with Gasteiger partial charge in [-0.1, -0.05) is 6.07 Å². The lowest BCUT2D eigenvalue weighted by atomic mass is 10.1. The van der Waals surface area contributed by atoms with Crippen LogP contribution >= 0.6 is 0 Å². The lowest BCUT2D eigenvalue weighted by molar-refractivity contribution is -0.144. The van der Waals surface area contributed by atoms with Crippen LogP contribution in [0.3, 0.4) is 0 Å². The topological polar surface area (TPSA) is 91.1 Å². The van der Waals surface area contributed by atoms with Gasteiger partial charge in [0.2, 0.25) is 0 Å².